The van der Waals surface area contributed by atoms with Crippen LogP contribution in [0.2, 0.25) is 0 Å². The Balaban J connectivity index is 2.76. The van der Waals surface area contributed by atoms with Gasteiger partial charge in [-0.2, -0.15) is 5.10 Å². The summed E-state index contributed by atoms with van der Waals surface area (Å²) in [7, 11) is 0. The second-order valence-corrected chi connectivity index (χ2v) is 1.48. The van der Waals surface area contributed by atoms with E-state index >= 15 is 0 Å². The topological polar surface area (TPSA) is 28.7 Å². The average molecular weight is 117 g/mol. The number of nitrogens with zero attached hydrogens (tertiary/aromatic N) is 1. The number of alkyl halides is 1. The monoisotopic (exact) mass is 116 g/mol. The Hall–Kier alpha value is -0.500. The van der Waals surface area contributed by atoms with Gasteiger partial charge in [0.05, 0.1) is 5.88 Å². The Labute approximate surface area is 46.5 Å². The van der Waals surface area contributed by atoms with Gasteiger partial charge in [0.15, 0.2) is 0 Å². The molecule has 2 nitrogen and oxygen atoms in total. The van der Waals surface area contributed by atoms with E-state index in [-0.39, 0.29) is 0 Å². The van der Waals surface area contributed by atoms with Crippen LogP contribution in [0.25, 0.3) is 0 Å². The molecule has 1 aromatic heterocycles. The van der Waals surface area contributed by atoms with Crippen LogP contribution in [-0.4, -0.2) is 10.2 Å². The minimum absolute atomic E-state index is 0.514. The molecule has 0 aliphatic carbocycles. The van der Waals surface area contributed by atoms with Gasteiger partial charge in [0.25, 0.3) is 0 Å². The fourth-order valence-electron chi connectivity index (χ4n) is 0.359. The van der Waals surface area contributed by atoms with Gasteiger partial charge < -0.3 is 0 Å². The molecule has 38 valence electrons. The number of hydrogen-bond donors (Lipinski definition) is 1. The summed E-state index contributed by atoms with van der Waals surface area (Å²) in [4.78, 5) is 0. The maximum atomic E-state index is 5.40. The van der Waals surface area contributed by atoms with E-state index in [9.17, 15) is 0 Å². The van der Waals surface area contributed by atoms with Gasteiger partial charge in [-0.05, 0) is 6.07 Å². The highest BCUT2D eigenvalue weighted by Gasteiger charge is 1.84. The summed E-state index contributed by atoms with van der Waals surface area (Å²) in [6.07, 6.45) is 1.68. The first-order chi connectivity index (χ1) is 3.43. The molecule has 0 saturated carbocycles. The van der Waals surface area contributed by atoms with Crippen molar-refractivity contribution in [3.63, 3.8) is 0 Å². The van der Waals surface area contributed by atoms with Gasteiger partial charge in [0, 0.05) is 11.9 Å². The number of halogens is 1. The summed E-state index contributed by atoms with van der Waals surface area (Å²) < 4.78 is 0. The molecule has 0 aromatic carbocycles. The molecular formula is C4H5ClN2. The first-order valence-corrected chi connectivity index (χ1v) is 2.51. The van der Waals surface area contributed by atoms with Gasteiger partial charge in [0.1, 0.15) is 0 Å². The van der Waals surface area contributed by atoms with Crippen LogP contribution in [0.4, 0.5) is 0 Å². The van der Waals surface area contributed by atoms with E-state index in [1.165, 1.54) is 0 Å². The number of hydrogen-bond acceptors (Lipinski definition) is 1. The van der Waals surface area contributed by atoms with Crippen molar-refractivity contribution in [2.75, 3.05) is 0 Å². The van der Waals surface area contributed by atoms with Crippen LogP contribution in [-0.2, 0) is 5.88 Å². The highest BCUT2D eigenvalue weighted by molar-refractivity contribution is 6.16. The molecule has 7 heavy (non-hydrogen) atoms. The van der Waals surface area contributed by atoms with E-state index in [0.29, 0.717) is 5.88 Å². The summed E-state index contributed by atoms with van der Waals surface area (Å²) in [5, 5.41) is 6.39. The maximum absolute atomic E-state index is 5.40. The zero-order valence-corrected chi connectivity index (χ0v) is 4.44. The zero-order chi connectivity index (χ0) is 5.11. The van der Waals surface area contributed by atoms with Crippen molar-refractivity contribution in [1.29, 1.82) is 0 Å². The van der Waals surface area contributed by atoms with Gasteiger partial charge in [0.2, 0.25) is 0 Å². The molecule has 0 spiro atoms. The minimum Gasteiger partial charge on any atom is -0.281 e. The first kappa shape index (κ1) is 4.65. The molecule has 0 aliphatic heterocycles. The molecule has 1 aromatic rings. The van der Waals surface area contributed by atoms with E-state index in [4.69, 9.17) is 11.6 Å². The third-order valence-electron chi connectivity index (χ3n) is 0.702. The molecule has 0 unspecified atom stereocenters. The number of aromatic nitrogens is 2. The van der Waals surface area contributed by atoms with Crippen LogP contribution in [0.15, 0.2) is 12.3 Å². The predicted molar refractivity (Wildman–Crippen MR) is 28.1 cm³/mol. The summed E-state index contributed by atoms with van der Waals surface area (Å²) in [6, 6.07) is 1.84. The lowest BCUT2D eigenvalue weighted by atomic mass is 10.5. The second-order valence-electron chi connectivity index (χ2n) is 1.22. The standard InChI is InChI=1S/C4H5ClN2/c5-3-4-1-2-6-7-4/h1-2H,3H2,(H,6,7). The third kappa shape index (κ3) is 0.933. The first-order valence-electron chi connectivity index (χ1n) is 1.97. The number of H-pyrrole nitrogens is 1. The Morgan fingerprint density at radius 2 is 2.71 bits per heavy atom. The fraction of sp³-hybridized carbons (Fsp3) is 0.250. The van der Waals surface area contributed by atoms with Gasteiger partial charge in [-0.3, -0.25) is 5.10 Å². The lowest BCUT2D eigenvalue weighted by Gasteiger charge is -1.77. The largest absolute Gasteiger partial charge is 0.281 e. The molecule has 0 atom stereocenters. The van der Waals surface area contributed by atoms with Crippen molar-refractivity contribution in [1.82, 2.24) is 10.2 Å². The summed E-state index contributed by atoms with van der Waals surface area (Å²) >= 11 is 5.40. The summed E-state index contributed by atoms with van der Waals surface area (Å²) in [6.45, 7) is 0. The SMILES string of the molecule is ClCc1ccn[nH]1. The normalized spacial score (nSPS) is 9.29. The summed E-state index contributed by atoms with van der Waals surface area (Å²) in [5.41, 5.74) is 0.960. The van der Waals surface area contributed by atoms with Crippen molar-refractivity contribution in [2.24, 2.45) is 0 Å². The Morgan fingerprint density at radius 3 is 3.00 bits per heavy atom. The summed E-state index contributed by atoms with van der Waals surface area (Å²) in [5.74, 6) is 0.514. The van der Waals surface area contributed by atoms with Crippen molar-refractivity contribution in [3.8, 4) is 0 Å². The molecule has 0 radical (unpaired) electrons. The smallest absolute Gasteiger partial charge is 0.0641 e. The quantitative estimate of drug-likeness (QED) is 0.548. The number of nitrogens with one attached hydrogen (secondary N) is 1. The van der Waals surface area contributed by atoms with Crippen molar-refractivity contribution >= 4 is 11.6 Å². The zero-order valence-electron chi connectivity index (χ0n) is 3.69. The fourth-order valence-corrected chi connectivity index (χ4v) is 0.508. The van der Waals surface area contributed by atoms with E-state index in [1.54, 1.807) is 6.20 Å². The third-order valence-corrected chi connectivity index (χ3v) is 0.990. The molecule has 1 rings (SSSR count). The molecule has 0 aliphatic rings. The molecule has 0 fully saturated rings. The average Bonchev–Trinajstić information content (AvgIpc) is 2.14. The highest BCUT2D eigenvalue weighted by atomic mass is 35.5. The van der Waals surface area contributed by atoms with Gasteiger partial charge in [-0.15, -0.1) is 11.6 Å². The number of aromatic amines is 1. The number of rotatable bonds is 1. The second kappa shape index (κ2) is 1.98. The van der Waals surface area contributed by atoms with Gasteiger partial charge in [-0.25, -0.2) is 0 Å². The maximum Gasteiger partial charge on any atom is 0.0641 e. The molecule has 0 amide bonds. The molecule has 3 heteroatoms. The predicted octanol–water partition coefficient (Wildman–Crippen LogP) is 1.15. The highest BCUT2D eigenvalue weighted by Crippen LogP contribution is 1.94. The van der Waals surface area contributed by atoms with Crippen molar-refractivity contribution in [3.05, 3.63) is 18.0 Å². The van der Waals surface area contributed by atoms with Crippen LogP contribution < -0.4 is 0 Å². The Morgan fingerprint density at radius 1 is 1.86 bits per heavy atom. The lowest BCUT2D eigenvalue weighted by molar-refractivity contribution is 1.04. The lowest BCUT2D eigenvalue weighted by Crippen LogP contribution is -1.73. The van der Waals surface area contributed by atoms with E-state index in [1.807, 2.05) is 6.07 Å². The van der Waals surface area contributed by atoms with Crippen LogP contribution in [0.3, 0.4) is 0 Å². The van der Waals surface area contributed by atoms with E-state index < -0.39 is 0 Å². The Bertz CT molecular complexity index is 124. The van der Waals surface area contributed by atoms with Gasteiger partial charge >= 0.3 is 0 Å². The van der Waals surface area contributed by atoms with E-state index in [0.717, 1.165) is 5.69 Å². The van der Waals surface area contributed by atoms with Crippen LogP contribution >= 0.6 is 11.6 Å². The molecule has 0 bridgehead atoms. The minimum atomic E-state index is 0.514. The van der Waals surface area contributed by atoms with E-state index in [2.05, 4.69) is 10.2 Å². The van der Waals surface area contributed by atoms with Crippen LogP contribution in [0.5, 0.6) is 0 Å². The van der Waals surface area contributed by atoms with Gasteiger partial charge in [-0.1, -0.05) is 0 Å². The van der Waals surface area contributed by atoms with Crippen molar-refractivity contribution in [2.45, 2.75) is 5.88 Å². The van der Waals surface area contributed by atoms with Crippen LogP contribution in [0.1, 0.15) is 5.69 Å². The molecule has 1 N–H and O–H groups in total. The molecule has 1 heterocycles. The van der Waals surface area contributed by atoms with Crippen LogP contribution in [0, 0.1) is 0 Å². The molecular weight excluding hydrogens is 112 g/mol. The van der Waals surface area contributed by atoms with Crippen molar-refractivity contribution < 1.29 is 0 Å². The Kier molecular flexibility index (Phi) is 1.32. The molecule has 0 saturated heterocycles.